The van der Waals surface area contributed by atoms with Gasteiger partial charge < -0.3 is 4.74 Å². The van der Waals surface area contributed by atoms with Gasteiger partial charge in [-0.3, -0.25) is 14.4 Å². The summed E-state index contributed by atoms with van der Waals surface area (Å²) in [6, 6.07) is 23.3. The van der Waals surface area contributed by atoms with Gasteiger partial charge in [0.2, 0.25) is 11.8 Å². The van der Waals surface area contributed by atoms with Crippen LogP contribution in [0.1, 0.15) is 27.1 Å². The van der Waals surface area contributed by atoms with E-state index in [1.165, 1.54) is 6.07 Å². The third-order valence-corrected chi connectivity index (χ3v) is 11.2. The highest BCUT2D eigenvalue weighted by atomic mass is 79.9. The number of alkyl halides is 2. The number of hydrogen-bond donors (Lipinski definition) is 0. The number of rotatable bonds is 6. The molecule has 0 radical (unpaired) electrons. The first-order chi connectivity index (χ1) is 18.4. The van der Waals surface area contributed by atoms with E-state index in [1.54, 1.807) is 30.3 Å². The van der Waals surface area contributed by atoms with Crippen molar-refractivity contribution >= 4 is 61.1 Å². The summed E-state index contributed by atoms with van der Waals surface area (Å²) in [6.45, 7) is -0.453. The number of carbonyl (C=O) groups is 4. The summed E-state index contributed by atoms with van der Waals surface area (Å²) < 4.78 is 5.36. The number of hydrogen-bond acceptors (Lipinski definition) is 5. The standard InChI is InChI=1S/C30H23Br2NO5/c31-26-20-14-21(27(26)32)25-24(20)28(35)33(29(25)36)22-9-5-4-8-19(22)30(37)38-15-23(34)18-12-10-17(11-13-18)16-6-2-1-3-7-16/h1-13,20-21,24-27H,14-15H2/t20-,21+,24+,25-,26+,27-. The lowest BCUT2D eigenvalue weighted by atomic mass is 9.81. The molecule has 38 heavy (non-hydrogen) atoms. The van der Waals surface area contributed by atoms with Crippen LogP contribution in [0.4, 0.5) is 5.69 Å². The van der Waals surface area contributed by atoms with Crippen molar-refractivity contribution in [2.24, 2.45) is 23.7 Å². The van der Waals surface area contributed by atoms with E-state index in [-0.39, 0.29) is 50.3 Å². The molecule has 2 aliphatic carbocycles. The van der Waals surface area contributed by atoms with Gasteiger partial charge in [0.05, 0.1) is 23.1 Å². The highest BCUT2D eigenvalue weighted by Crippen LogP contribution is 2.60. The van der Waals surface area contributed by atoms with Crippen molar-refractivity contribution in [3.05, 3.63) is 90.0 Å². The van der Waals surface area contributed by atoms with Crippen molar-refractivity contribution in [3.63, 3.8) is 0 Å². The van der Waals surface area contributed by atoms with Gasteiger partial charge in [-0.05, 0) is 41.5 Å². The van der Waals surface area contributed by atoms with Gasteiger partial charge in [0.15, 0.2) is 12.4 Å². The number of amides is 2. The molecule has 3 aromatic carbocycles. The molecule has 2 saturated carbocycles. The van der Waals surface area contributed by atoms with Gasteiger partial charge in [0, 0.05) is 15.2 Å². The fourth-order valence-corrected chi connectivity index (χ4v) is 8.07. The van der Waals surface area contributed by atoms with E-state index in [0.29, 0.717) is 5.56 Å². The van der Waals surface area contributed by atoms with E-state index < -0.39 is 24.4 Å². The maximum Gasteiger partial charge on any atom is 0.340 e. The van der Waals surface area contributed by atoms with Crippen LogP contribution >= 0.6 is 31.9 Å². The summed E-state index contributed by atoms with van der Waals surface area (Å²) in [6.07, 6.45) is 0.824. The van der Waals surface area contributed by atoms with Gasteiger partial charge in [-0.25, -0.2) is 9.69 Å². The Bertz CT molecular complexity index is 1410. The normalized spacial score (nSPS) is 27.5. The molecule has 1 saturated heterocycles. The molecule has 3 fully saturated rings. The van der Waals surface area contributed by atoms with Crippen LogP contribution in [0.15, 0.2) is 78.9 Å². The smallest absolute Gasteiger partial charge is 0.340 e. The summed E-state index contributed by atoms with van der Waals surface area (Å²) >= 11 is 7.39. The summed E-state index contributed by atoms with van der Waals surface area (Å²) in [5, 5.41) is 0. The van der Waals surface area contributed by atoms with E-state index in [1.807, 2.05) is 42.5 Å². The van der Waals surface area contributed by atoms with Gasteiger partial charge >= 0.3 is 5.97 Å². The highest BCUT2D eigenvalue weighted by molar-refractivity contribution is 9.12. The summed E-state index contributed by atoms with van der Waals surface area (Å²) in [4.78, 5) is 54.1. The summed E-state index contributed by atoms with van der Waals surface area (Å²) in [5.74, 6) is -2.29. The lowest BCUT2D eigenvalue weighted by molar-refractivity contribution is -0.123. The second-order valence-corrected chi connectivity index (χ2v) is 12.1. The quantitative estimate of drug-likeness (QED) is 0.151. The maximum atomic E-state index is 13.5. The topological polar surface area (TPSA) is 80.8 Å². The van der Waals surface area contributed by atoms with Crippen LogP contribution in [0.2, 0.25) is 0 Å². The van der Waals surface area contributed by atoms with E-state index in [4.69, 9.17) is 4.74 Å². The number of para-hydroxylation sites is 1. The first kappa shape index (κ1) is 25.2. The van der Waals surface area contributed by atoms with Crippen LogP contribution in [0.5, 0.6) is 0 Å². The molecule has 0 spiro atoms. The Morgan fingerprint density at radius 1 is 0.763 bits per heavy atom. The zero-order valence-corrected chi connectivity index (χ0v) is 23.3. The van der Waals surface area contributed by atoms with Crippen molar-refractivity contribution in [2.45, 2.75) is 16.1 Å². The van der Waals surface area contributed by atoms with Crippen LogP contribution in [0, 0.1) is 23.7 Å². The van der Waals surface area contributed by atoms with Gasteiger partial charge in [-0.2, -0.15) is 0 Å². The van der Waals surface area contributed by atoms with Gasteiger partial charge in [0.25, 0.3) is 0 Å². The number of halogens is 2. The third kappa shape index (κ3) is 4.05. The molecule has 1 aliphatic heterocycles. The zero-order chi connectivity index (χ0) is 26.6. The van der Waals surface area contributed by atoms with Crippen molar-refractivity contribution < 1.29 is 23.9 Å². The predicted octanol–water partition coefficient (Wildman–Crippen LogP) is 5.68. The Balaban J connectivity index is 1.17. The second kappa shape index (κ2) is 9.89. The molecular weight excluding hydrogens is 614 g/mol. The monoisotopic (exact) mass is 635 g/mol. The molecule has 6 nitrogen and oxygen atoms in total. The maximum absolute atomic E-state index is 13.5. The minimum absolute atomic E-state index is 0.0702. The number of imide groups is 1. The number of nitrogens with zero attached hydrogens (tertiary/aromatic N) is 1. The van der Waals surface area contributed by atoms with Crippen LogP contribution in [-0.2, 0) is 14.3 Å². The zero-order valence-electron chi connectivity index (χ0n) is 20.1. The van der Waals surface area contributed by atoms with E-state index in [0.717, 1.165) is 22.4 Å². The van der Waals surface area contributed by atoms with Crippen molar-refractivity contribution in [3.8, 4) is 11.1 Å². The molecule has 8 heteroatoms. The number of fused-ring (bicyclic) bond motifs is 5. The first-order valence-electron chi connectivity index (χ1n) is 12.5. The van der Waals surface area contributed by atoms with Gasteiger partial charge in [-0.1, -0.05) is 98.6 Å². The number of anilines is 1. The molecule has 192 valence electrons. The molecule has 2 bridgehead atoms. The van der Waals surface area contributed by atoms with Crippen molar-refractivity contribution in [1.29, 1.82) is 0 Å². The Hall–Kier alpha value is -3.10. The number of carbonyl (C=O) groups excluding carboxylic acids is 4. The van der Waals surface area contributed by atoms with Crippen LogP contribution < -0.4 is 4.90 Å². The molecule has 0 unspecified atom stereocenters. The fourth-order valence-electron chi connectivity index (χ4n) is 6.20. The van der Waals surface area contributed by atoms with E-state index >= 15 is 0 Å². The Labute approximate surface area is 236 Å². The lowest BCUT2D eigenvalue weighted by Gasteiger charge is -2.28. The minimum Gasteiger partial charge on any atom is -0.454 e. The molecule has 3 aliphatic rings. The largest absolute Gasteiger partial charge is 0.454 e. The molecule has 6 atom stereocenters. The Morgan fingerprint density at radius 3 is 1.95 bits per heavy atom. The average molecular weight is 637 g/mol. The number of Topliss-reactive ketones (excluding diaryl/α,β-unsaturated/α-hetero) is 1. The predicted molar refractivity (Wildman–Crippen MR) is 149 cm³/mol. The molecular formula is C30H23Br2NO5. The molecule has 1 heterocycles. The molecule has 3 aromatic rings. The van der Waals surface area contributed by atoms with Crippen LogP contribution in [0.25, 0.3) is 11.1 Å². The van der Waals surface area contributed by atoms with Crippen LogP contribution in [-0.4, -0.2) is 39.8 Å². The third-order valence-electron chi connectivity index (χ3n) is 8.00. The molecule has 0 N–H and O–H groups in total. The SMILES string of the molecule is O=C(COC(=O)c1ccccc1N1C(=O)[C@@H]2[C@@H]3C[C@@H]([C@H](Br)[C@@H]3Br)[C@@H]2C1=O)c1ccc(-c2ccccc2)cc1. The van der Waals surface area contributed by atoms with Crippen LogP contribution in [0.3, 0.4) is 0 Å². The number of benzene rings is 3. The van der Waals surface area contributed by atoms with E-state index in [9.17, 15) is 19.2 Å². The highest BCUT2D eigenvalue weighted by Gasteiger charge is 2.66. The fraction of sp³-hybridized carbons (Fsp3) is 0.267. The summed E-state index contributed by atoms with van der Waals surface area (Å²) in [5.41, 5.74) is 2.73. The minimum atomic E-state index is -0.757. The second-order valence-electron chi connectivity index (χ2n) is 9.98. The first-order valence-corrected chi connectivity index (χ1v) is 14.3. The lowest BCUT2D eigenvalue weighted by Crippen LogP contribution is -2.37. The van der Waals surface area contributed by atoms with Crippen molar-refractivity contribution in [1.82, 2.24) is 0 Å². The molecule has 2 amide bonds. The Morgan fingerprint density at radius 2 is 1.32 bits per heavy atom. The van der Waals surface area contributed by atoms with Crippen molar-refractivity contribution in [2.75, 3.05) is 11.5 Å². The Kier molecular flexibility index (Phi) is 6.56. The number of esters is 1. The number of ketones is 1. The average Bonchev–Trinajstić information content (AvgIpc) is 3.56. The summed E-state index contributed by atoms with van der Waals surface area (Å²) in [7, 11) is 0. The van der Waals surface area contributed by atoms with E-state index in [2.05, 4.69) is 31.9 Å². The molecule has 0 aromatic heterocycles. The molecule has 6 rings (SSSR count). The number of ether oxygens (including phenoxy) is 1. The van der Waals surface area contributed by atoms with Gasteiger partial charge in [-0.15, -0.1) is 0 Å². The van der Waals surface area contributed by atoms with Gasteiger partial charge in [0.1, 0.15) is 0 Å².